The number of halogens is 1. The van der Waals surface area contributed by atoms with E-state index < -0.39 is 0 Å². The van der Waals surface area contributed by atoms with Gasteiger partial charge in [0, 0.05) is 18.8 Å². The zero-order valence-corrected chi connectivity index (χ0v) is 20.0. The van der Waals surface area contributed by atoms with Crippen molar-refractivity contribution in [2.75, 3.05) is 14.2 Å². The van der Waals surface area contributed by atoms with Crippen molar-refractivity contribution in [1.82, 2.24) is 10.3 Å². The van der Waals surface area contributed by atoms with Crippen LogP contribution in [0.15, 0.2) is 65.4 Å². The van der Waals surface area contributed by atoms with Crippen LogP contribution < -0.4 is 19.5 Å². The molecule has 7 heteroatoms. The summed E-state index contributed by atoms with van der Waals surface area (Å²) in [5.41, 5.74) is 3.03. The van der Waals surface area contributed by atoms with E-state index >= 15 is 0 Å². The van der Waals surface area contributed by atoms with E-state index in [1.807, 2.05) is 55.5 Å². The summed E-state index contributed by atoms with van der Waals surface area (Å²) in [6.45, 7) is 2.38. The number of carbonyl (C=O) groups excluding carboxylic acids is 1. The Hall–Kier alpha value is -3.06. The number of nitrogens with zero attached hydrogens (tertiary/aromatic N) is 1. The highest BCUT2D eigenvalue weighted by atomic mass is 79.9. The van der Waals surface area contributed by atoms with Crippen molar-refractivity contribution in [2.45, 2.75) is 32.4 Å². The first-order chi connectivity index (χ1) is 15.5. The molecule has 0 aliphatic rings. The number of hydrogen-bond acceptors (Lipinski definition) is 5. The van der Waals surface area contributed by atoms with Gasteiger partial charge in [0.25, 0.3) is 0 Å². The van der Waals surface area contributed by atoms with Gasteiger partial charge in [-0.3, -0.25) is 9.78 Å². The lowest BCUT2D eigenvalue weighted by Gasteiger charge is -2.17. The summed E-state index contributed by atoms with van der Waals surface area (Å²) >= 11 is 3.48. The fourth-order valence-electron chi connectivity index (χ4n) is 3.23. The smallest absolute Gasteiger partial charge is 0.220 e. The summed E-state index contributed by atoms with van der Waals surface area (Å²) in [6.07, 6.45) is 4.51. The highest BCUT2D eigenvalue weighted by molar-refractivity contribution is 9.10. The molecule has 2 aromatic carbocycles. The van der Waals surface area contributed by atoms with E-state index in [2.05, 4.69) is 26.2 Å². The Labute approximate surface area is 197 Å². The highest BCUT2D eigenvalue weighted by Gasteiger charge is 2.14. The molecule has 1 amide bonds. The monoisotopic (exact) mass is 498 g/mol. The molecule has 168 valence electrons. The molecule has 3 rings (SSSR count). The minimum absolute atomic E-state index is 0.0126. The van der Waals surface area contributed by atoms with Gasteiger partial charge in [-0.05, 0) is 82.4 Å². The second kappa shape index (κ2) is 11.5. The van der Waals surface area contributed by atoms with Gasteiger partial charge in [-0.15, -0.1) is 0 Å². The first-order valence-corrected chi connectivity index (χ1v) is 11.1. The van der Waals surface area contributed by atoms with Gasteiger partial charge in [-0.2, -0.15) is 0 Å². The topological polar surface area (TPSA) is 69.7 Å². The molecular formula is C25H27BrN2O4. The molecule has 0 spiro atoms. The fraction of sp³-hybridized carbons (Fsp3) is 0.280. The number of aryl methyl sites for hydroxylation is 1. The van der Waals surface area contributed by atoms with Gasteiger partial charge in [0.05, 0.1) is 24.7 Å². The Balaban J connectivity index is 1.56. The Morgan fingerprint density at radius 1 is 0.969 bits per heavy atom. The second-order valence-electron chi connectivity index (χ2n) is 7.31. The lowest BCUT2D eigenvalue weighted by Crippen LogP contribution is -2.26. The maximum atomic E-state index is 12.5. The van der Waals surface area contributed by atoms with Crippen LogP contribution in [0.1, 0.15) is 36.1 Å². The molecule has 1 atom stereocenters. The van der Waals surface area contributed by atoms with Gasteiger partial charge in [-0.25, -0.2) is 0 Å². The lowest BCUT2D eigenvalue weighted by atomic mass is 10.1. The van der Waals surface area contributed by atoms with Crippen LogP contribution in [-0.4, -0.2) is 25.1 Å². The largest absolute Gasteiger partial charge is 0.496 e. The first-order valence-electron chi connectivity index (χ1n) is 10.3. The van der Waals surface area contributed by atoms with Crippen molar-refractivity contribution in [3.63, 3.8) is 0 Å². The maximum absolute atomic E-state index is 12.5. The van der Waals surface area contributed by atoms with Crippen LogP contribution in [0, 0.1) is 0 Å². The number of carbonyl (C=O) groups is 1. The third-order valence-electron chi connectivity index (χ3n) is 5.07. The van der Waals surface area contributed by atoms with Gasteiger partial charge >= 0.3 is 0 Å². The zero-order valence-electron chi connectivity index (χ0n) is 18.4. The Morgan fingerprint density at radius 3 is 2.38 bits per heavy atom. The molecule has 0 saturated heterocycles. The number of ether oxygens (including phenoxy) is 3. The van der Waals surface area contributed by atoms with Crippen LogP contribution in [0.5, 0.6) is 17.2 Å². The van der Waals surface area contributed by atoms with Crippen molar-refractivity contribution in [3.8, 4) is 17.2 Å². The average molecular weight is 499 g/mol. The zero-order chi connectivity index (χ0) is 22.9. The standard InChI is InChI=1S/C25H27BrN2O4/c1-17(28-25(29)9-5-18-4-7-22(30-2)21(26)14-18)20-6-8-23(24(15-20)31-3)32-16-19-10-12-27-13-11-19/h4,6-8,10-15,17H,5,9,16H2,1-3H3,(H,28,29). The minimum atomic E-state index is -0.159. The molecule has 0 saturated carbocycles. The molecule has 1 unspecified atom stereocenters. The van der Waals surface area contributed by atoms with Gasteiger partial charge in [0.15, 0.2) is 11.5 Å². The van der Waals surface area contributed by atoms with Crippen LogP contribution in [0.3, 0.4) is 0 Å². The van der Waals surface area contributed by atoms with Crippen molar-refractivity contribution in [3.05, 3.63) is 82.1 Å². The van der Waals surface area contributed by atoms with Crippen molar-refractivity contribution < 1.29 is 19.0 Å². The normalized spacial score (nSPS) is 11.5. The summed E-state index contributed by atoms with van der Waals surface area (Å²) in [5.74, 6) is 2.04. The Bertz CT molecular complexity index is 1040. The van der Waals surface area contributed by atoms with Crippen molar-refractivity contribution >= 4 is 21.8 Å². The summed E-state index contributed by atoms with van der Waals surface area (Å²) in [7, 11) is 3.23. The van der Waals surface area contributed by atoms with E-state index in [-0.39, 0.29) is 11.9 Å². The molecule has 0 fully saturated rings. The lowest BCUT2D eigenvalue weighted by molar-refractivity contribution is -0.121. The van der Waals surface area contributed by atoms with E-state index in [1.165, 1.54) is 0 Å². The molecule has 1 aromatic heterocycles. The molecule has 3 aromatic rings. The average Bonchev–Trinajstić information content (AvgIpc) is 2.82. The SMILES string of the molecule is COc1ccc(CCC(=O)NC(C)c2ccc(OCc3ccncc3)c(OC)c2)cc1Br. The second-order valence-corrected chi connectivity index (χ2v) is 8.17. The van der Waals surface area contributed by atoms with Crippen molar-refractivity contribution in [2.24, 2.45) is 0 Å². The fourth-order valence-corrected chi connectivity index (χ4v) is 3.82. The summed E-state index contributed by atoms with van der Waals surface area (Å²) < 4.78 is 17.5. The van der Waals surface area contributed by atoms with Gasteiger partial charge in [0.1, 0.15) is 12.4 Å². The number of pyridine rings is 1. The predicted molar refractivity (Wildman–Crippen MR) is 127 cm³/mol. The van der Waals surface area contributed by atoms with E-state index in [9.17, 15) is 4.79 Å². The van der Waals surface area contributed by atoms with Crippen LogP contribution in [-0.2, 0) is 17.8 Å². The highest BCUT2D eigenvalue weighted by Crippen LogP contribution is 2.31. The van der Waals surface area contributed by atoms with Crippen LogP contribution in [0.25, 0.3) is 0 Å². The maximum Gasteiger partial charge on any atom is 0.220 e. The predicted octanol–water partition coefficient (Wildman–Crippen LogP) is 5.25. The third-order valence-corrected chi connectivity index (χ3v) is 5.69. The van der Waals surface area contributed by atoms with Gasteiger partial charge in [0.2, 0.25) is 5.91 Å². The van der Waals surface area contributed by atoms with E-state index in [0.717, 1.165) is 26.9 Å². The molecule has 0 aliphatic heterocycles. The van der Waals surface area contributed by atoms with Gasteiger partial charge in [-0.1, -0.05) is 12.1 Å². The van der Waals surface area contributed by atoms with Crippen molar-refractivity contribution in [1.29, 1.82) is 0 Å². The molecule has 32 heavy (non-hydrogen) atoms. The van der Waals surface area contributed by atoms with E-state index in [4.69, 9.17) is 14.2 Å². The molecular weight excluding hydrogens is 472 g/mol. The number of benzene rings is 2. The number of aromatic nitrogens is 1. The number of nitrogens with one attached hydrogen (secondary N) is 1. The summed E-state index contributed by atoms with van der Waals surface area (Å²) in [4.78, 5) is 16.5. The van der Waals surface area contributed by atoms with E-state index in [0.29, 0.717) is 30.9 Å². The molecule has 0 bridgehead atoms. The Morgan fingerprint density at radius 2 is 1.69 bits per heavy atom. The minimum Gasteiger partial charge on any atom is -0.496 e. The number of methoxy groups -OCH3 is 2. The molecule has 1 N–H and O–H groups in total. The summed E-state index contributed by atoms with van der Waals surface area (Å²) in [6, 6.07) is 15.2. The molecule has 0 aliphatic carbocycles. The Kier molecular flexibility index (Phi) is 8.50. The van der Waals surface area contributed by atoms with E-state index in [1.54, 1.807) is 26.6 Å². The summed E-state index contributed by atoms with van der Waals surface area (Å²) in [5, 5.41) is 3.05. The number of amides is 1. The number of hydrogen-bond donors (Lipinski definition) is 1. The van der Waals surface area contributed by atoms with Crippen LogP contribution in [0.4, 0.5) is 0 Å². The first kappa shape index (κ1) is 23.6. The molecule has 6 nitrogen and oxygen atoms in total. The van der Waals surface area contributed by atoms with Crippen LogP contribution >= 0.6 is 15.9 Å². The number of rotatable bonds is 10. The third kappa shape index (κ3) is 6.47. The van der Waals surface area contributed by atoms with Gasteiger partial charge < -0.3 is 19.5 Å². The van der Waals surface area contributed by atoms with Crippen LogP contribution in [0.2, 0.25) is 0 Å². The quantitative estimate of drug-likeness (QED) is 0.413. The molecule has 1 heterocycles. The molecule has 0 radical (unpaired) electrons.